The van der Waals surface area contributed by atoms with Crippen LogP contribution in [0.4, 0.5) is 0 Å². The molecular formula is C15H15Cl2N3O2. The number of phenolic OH excluding ortho intramolecular Hbond substituents is 1. The standard InChI is InChI=1S/C15H15Cl2N3O2/c1-4-6-19(3)8-11-18-13-12(15(22)20(11)5-2)9(16)7-10(17)14(13)21/h1,7,21H,5-6,8H2,2-3H3. The molecule has 0 aliphatic heterocycles. The number of rotatable bonds is 4. The zero-order valence-corrected chi connectivity index (χ0v) is 13.7. The van der Waals surface area contributed by atoms with Gasteiger partial charge in [-0.15, -0.1) is 6.42 Å². The molecule has 1 aromatic heterocycles. The molecule has 22 heavy (non-hydrogen) atoms. The van der Waals surface area contributed by atoms with E-state index >= 15 is 0 Å². The smallest absolute Gasteiger partial charge is 0.263 e. The fourth-order valence-corrected chi connectivity index (χ4v) is 2.78. The molecule has 0 bridgehead atoms. The van der Waals surface area contributed by atoms with Crippen LogP contribution in [0.25, 0.3) is 10.9 Å². The van der Waals surface area contributed by atoms with Crippen molar-refractivity contribution < 1.29 is 5.11 Å². The van der Waals surface area contributed by atoms with Crippen molar-refractivity contribution in [3.63, 3.8) is 0 Å². The molecule has 0 aliphatic rings. The molecule has 5 nitrogen and oxygen atoms in total. The van der Waals surface area contributed by atoms with E-state index in [1.807, 2.05) is 18.9 Å². The molecule has 0 atom stereocenters. The Balaban J connectivity index is 2.75. The summed E-state index contributed by atoms with van der Waals surface area (Å²) >= 11 is 12.0. The van der Waals surface area contributed by atoms with E-state index in [1.54, 1.807) is 0 Å². The van der Waals surface area contributed by atoms with Crippen LogP contribution in [0.15, 0.2) is 10.9 Å². The molecule has 0 spiro atoms. The zero-order valence-electron chi connectivity index (χ0n) is 12.2. The molecule has 116 valence electrons. The zero-order chi connectivity index (χ0) is 16.4. The number of fused-ring (bicyclic) bond motifs is 1. The van der Waals surface area contributed by atoms with Crippen molar-refractivity contribution in [1.29, 1.82) is 0 Å². The molecule has 0 fully saturated rings. The van der Waals surface area contributed by atoms with E-state index in [-0.39, 0.29) is 32.3 Å². The lowest BCUT2D eigenvalue weighted by molar-refractivity contribution is 0.348. The highest BCUT2D eigenvalue weighted by atomic mass is 35.5. The van der Waals surface area contributed by atoms with Gasteiger partial charge in [-0.2, -0.15) is 0 Å². The van der Waals surface area contributed by atoms with Gasteiger partial charge in [0.1, 0.15) is 11.3 Å². The van der Waals surface area contributed by atoms with Gasteiger partial charge >= 0.3 is 0 Å². The molecule has 0 saturated heterocycles. The number of aromatic hydroxyl groups is 1. The van der Waals surface area contributed by atoms with Crippen molar-refractivity contribution in [3.05, 3.63) is 32.3 Å². The summed E-state index contributed by atoms with van der Waals surface area (Å²) in [6.45, 7) is 3.05. The average Bonchev–Trinajstić information content (AvgIpc) is 2.44. The summed E-state index contributed by atoms with van der Waals surface area (Å²) in [6, 6.07) is 1.34. The van der Waals surface area contributed by atoms with E-state index in [4.69, 9.17) is 29.6 Å². The third-order valence-electron chi connectivity index (χ3n) is 3.28. The third-order valence-corrected chi connectivity index (χ3v) is 3.87. The van der Waals surface area contributed by atoms with E-state index in [1.165, 1.54) is 10.6 Å². The van der Waals surface area contributed by atoms with E-state index in [0.29, 0.717) is 25.5 Å². The fraction of sp³-hybridized carbons (Fsp3) is 0.333. The maximum Gasteiger partial charge on any atom is 0.263 e. The van der Waals surface area contributed by atoms with Gasteiger partial charge in [-0.3, -0.25) is 14.3 Å². The van der Waals surface area contributed by atoms with Crippen LogP contribution in [0, 0.1) is 12.3 Å². The number of aromatic nitrogens is 2. The molecule has 2 rings (SSSR count). The van der Waals surface area contributed by atoms with Gasteiger partial charge in [0.15, 0.2) is 5.75 Å². The Bertz CT molecular complexity index is 824. The summed E-state index contributed by atoms with van der Waals surface area (Å²) in [5.74, 6) is 2.77. The molecule has 0 saturated carbocycles. The molecule has 1 N–H and O–H groups in total. The van der Waals surface area contributed by atoms with Gasteiger partial charge in [0.2, 0.25) is 0 Å². The molecule has 0 unspecified atom stereocenters. The molecule has 0 amide bonds. The Morgan fingerprint density at radius 3 is 2.73 bits per heavy atom. The predicted molar refractivity (Wildman–Crippen MR) is 88.5 cm³/mol. The summed E-state index contributed by atoms with van der Waals surface area (Å²) in [4.78, 5) is 18.8. The highest BCUT2D eigenvalue weighted by molar-refractivity contribution is 6.39. The Morgan fingerprint density at radius 1 is 1.45 bits per heavy atom. The van der Waals surface area contributed by atoms with Crippen molar-refractivity contribution in [2.75, 3.05) is 13.6 Å². The number of hydrogen-bond acceptors (Lipinski definition) is 4. The first kappa shape index (κ1) is 16.6. The highest BCUT2D eigenvalue weighted by Crippen LogP contribution is 2.34. The maximum absolute atomic E-state index is 12.6. The second-order valence-corrected chi connectivity index (χ2v) is 5.68. The third kappa shape index (κ3) is 2.91. The van der Waals surface area contributed by atoms with E-state index in [2.05, 4.69) is 10.9 Å². The lowest BCUT2D eigenvalue weighted by Crippen LogP contribution is -2.29. The van der Waals surface area contributed by atoms with Crippen LogP contribution >= 0.6 is 23.2 Å². The van der Waals surface area contributed by atoms with Crippen LogP contribution in [0.5, 0.6) is 5.75 Å². The van der Waals surface area contributed by atoms with Crippen molar-refractivity contribution in [2.45, 2.75) is 20.0 Å². The van der Waals surface area contributed by atoms with Gasteiger partial charge in [0.25, 0.3) is 5.56 Å². The molecule has 2 aromatic rings. The van der Waals surface area contributed by atoms with Crippen LogP contribution in [-0.2, 0) is 13.1 Å². The fourth-order valence-electron chi connectivity index (χ4n) is 2.25. The molecular weight excluding hydrogens is 325 g/mol. The molecule has 7 heteroatoms. The molecule has 0 radical (unpaired) electrons. The number of halogens is 2. The predicted octanol–water partition coefficient (Wildman–Crippen LogP) is 2.49. The summed E-state index contributed by atoms with van der Waals surface area (Å²) in [6.07, 6.45) is 5.28. The first-order valence-electron chi connectivity index (χ1n) is 6.63. The number of phenols is 1. The molecule has 1 aromatic carbocycles. The van der Waals surface area contributed by atoms with Crippen LogP contribution in [0.2, 0.25) is 10.0 Å². The number of hydrogen-bond donors (Lipinski definition) is 1. The molecule has 1 heterocycles. The topological polar surface area (TPSA) is 58.4 Å². The van der Waals surface area contributed by atoms with Crippen molar-refractivity contribution in [1.82, 2.24) is 14.5 Å². The van der Waals surface area contributed by atoms with Crippen LogP contribution in [-0.4, -0.2) is 33.1 Å². The van der Waals surface area contributed by atoms with E-state index in [0.717, 1.165) is 0 Å². The van der Waals surface area contributed by atoms with Gasteiger partial charge in [0.05, 0.1) is 28.5 Å². The normalized spacial score (nSPS) is 11.1. The largest absolute Gasteiger partial charge is 0.504 e. The summed E-state index contributed by atoms with van der Waals surface area (Å²) in [5, 5.41) is 10.5. The lowest BCUT2D eigenvalue weighted by Gasteiger charge is -2.18. The van der Waals surface area contributed by atoms with Crippen molar-refractivity contribution >= 4 is 34.1 Å². The van der Waals surface area contributed by atoms with E-state index in [9.17, 15) is 9.90 Å². The Labute approximate surface area is 138 Å². The van der Waals surface area contributed by atoms with Gasteiger partial charge in [-0.1, -0.05) is 29.1 Å². The van der Waals surface area contributed by atoms with Gasteiger partial charge in [0, 0.05) is 6.54 Å². The first-order valence-corrected chi connectivity index (χ1v) is 7.38. The lowest BCUT2D eigenvalue weighted by atomic mass is 10.2. The number of terminal acetylenes is 1. The summed E-state index contributed by atoms with van der Waals surface area (Å²) < 4.78 is 1.51. The Kier molecular flexibility index (Phi) is 4.97. The summed E-state index contributed by atoms with van der Waals surface area (Å²) in [7, 11) is 1.82. The maximum atomic E-state index is 12.6. The van der Waals surface area contributed by atoms with Crippen LogP contribution < -0.4 is 5.56 Å². The minimum atomic E-state index is -0.312. The average molecular weight is 340 g/mol. The Hall–Kier alpha value is -1.74. The number of nitrogens with zero attached hydrogens (tertiary/aromatic N) is 3. The van der Waals surface area contributed by atoms with E-state index < -0.39 is 0 Å². The quantitative estimate of drug-likeness (QED) is 0.869. The van der Waals surface area contributed by atoms with Gasteiger partial charge in [-0.25, -0.2) is 4.98 Å². The van der Waals surface area contributed by atoms with Crippen molar-refractivity contribution in [2.24, 2.45) is 0 Å². The second-order valence-electron chi connectivity index (χ2n) is 4.87. The highest BCUT2D eigenvalue weighted by Gasteiger charge is 2.18. The van der Waals surface area contributed by atoms with Gasteiger partial charge < -0.3 is 5.11 Å². The minimum absolute atomic E-state index is 0.0570. The Morgan fingerprint density at radius 2 is 2.14 bits per heavy atom. The SMILES string of the molecule is C#CCN(C)Cc1nc2c(O)c(Cl)cc(Cl)c2c(=O)n1CC. The summed E-state index contributed by atoms with van der Waals surface area (Å²) in [5.41, 5.74) is -0.204. The monoisotopic (exact) mass is 339 g/mol. The number of benzene rings is 1. The molecule has 0 aliphatic carbocycles. The van der Waals surface area contributed by atoms with Crippen LogP contribution in [0.3, 0.4) is 0 Å². The van der Waals surface area contributed by atoms with Crippen LogP contribution in [0.1, 0.15) is 12.7 Å². The second kappa shape index (κ2) is 6.57. The minimum Gasteiger partial charge on any atom is -0.504 e. The van der Waals surface area contributed by atoms with Gasteiger partial charge in [-0.05, 0) is 20.0 Å². The van der Waals surface area contributed by atoms with Crippen molar-refractivity contribution in [3.8, 4) is 18.1 Å². The first-order chi connectivity index (χ1) is 10.4.